The number of rotatable bonds is 10. The first-order valence-corrected chi connectivity index (χ1v) is 11.5. The number of alkyl halides is 2. The third kappa shape index (κ3) is 6.79. The molecular weight excluding hydrogens is 466 g/mol. The summed E-state index contributed by atoms with van der Waals surface area (Å²) in [6, 6.07) is 20.5. The standard InChI is InChI=1S/C24H22F2N2O5S/c1-32-22-10-6-5-9-21(22)28(34(30,31)16-15-18-7-3-2-4-8-18)17-23(29)27-19-11-13-20(14-12-19)33-24(25)26/h2-16,24H,17H2,1H3,(H,27,29). The fraction of sp³-hybridized carbons (Fsp3) is 0.125. The van der Waals surface area contributed by atoms with Gasteiger partial charge in [-0.25, -0.2) is 8.42 Å². The van der Waals surface area contributed by atoms with E-state index in [2.05, 4.69) is 10.1 Å². The maximum Gasteiger partial charge on any atom is 0.387 e. The number of carbonyl (C=O) groups is 1. The van der Waals surface area contributed by atoms with Crippen molar-refractivity contribution in [2.75, 3.05) is 23.3 Å². The summed E-state index contributed by atoms with van der Waals surface area (Å²) in [7, 11) is -2.71. The molecule has 3 aromatic rings. The van der Waals surface area contributed by atoms with Gasteiger partial charge in [0.25, 0.3) is 10.0 Å². The topological polar surface area (TPSA) is 84.9 Å². The molecule has 0 saturated heterocycles. The van der Waals surface area contributed by atoms with Crippen LogP contribution in [-0.4, -0.2) is 34.6 Å². The SMILES string of the molecule is COc1ccccc1N(CC(=O)Nc1ccc(OC(F)F)cc1)S(=O)(=O)C=Cc1ccccc1. The van der Waals surface area contributed by atoms with Gasteiger partial charge in [0.2, 0.25) is 5.91 Å². The molecule has 0 saturated carbocycles. The number of halogens is 2. The van der Waals surface area contributed by atoms with Crippen molar-refractivity contribution >= 4 is 33.4 Å². The number of nitrogens with one attached hydrogen (secondary N) is 1. The molecule has 1 amide bonds. The Labute approximate surface area is 196 Å². The van der Waals surface area contributed by atoms with Crippen molar-refractivity contribution in [3.05, 3.63) is 89.8 Å². The molecule has 3 rings (SSSR count). The van der Waals surface area contributed by atoms with Gasteiger partial charge in [-0.3, -0.25) is 9.10 Å². The second kappa shape index (κ2) is 11.3. The normalized spacial score (nSPS) is 11.4. The number of sulfonamides is 1. The van der Waals surface area contributed by atoms with Gasteiger partial charge in [-0.15, -0.1) is 0 Å². The molecule has 0 aromatic heterocycles. The fourth-order valence-electron chi connectivity index (χ4n) is 3.00. The molecule has 0 spiro atoms. The first-order chi connectivity index (χ1) is 16.3. The van der Waals surface area contributed by atoms with Crippen molar-refractivity contribution in [1.29, 1.82) is 0 Å². The average molecular weight is 489 g/mol. The zero-order chi connectivity index (χ0) is 24.6. The summed E-state index contributed by atoms with van der Waals surface area (Å²) in [5, 5.41) is 3.57. The van der Waals surface area contributed by atoms with Crippen LogP contribution >= 0.6 is 0 Å². The lowest BCUT2D eigenvalue weighted by Crippen LogP contribution is -2.37. The van der Waals surface area contributed by atoms with E-state index in [9.17, 15) is 22.0 Å². The van der Waals surface area contributed by atoms with Gasteiger partial charge in [0, 0.05) is 5.69 Å². The second-order valence-electron chi connectivity index (χ2n) is 6.89. The number of hydrogen-bond donors (Lipinski definition) is 1. The lowest BCUT2D eigenvalue weighted by Gasteiger charge is -2.24. The molecule has 0 aliphatic heterocycles. The number of nitrogens with zero attached hydrogens (tertiary/aromatic N) is 1. The smallest absolute Gasteiger partial charge is 0.387 e. The first-order valence-electron chi connectivity index (χ1n) is 10.0. The van der Waals surface area contributed by atoms with E-state index in [1.165, 1.54) is 43.5 Å². The molecule has 0 fully saturated rings. The molecule has 34 heavy (non-hydrogen) atoms. The lowest BCUT2D eigenvalue weighted by molar-refractivity contribution is -0.114. The van der Waals surface area contributed by atoms with E-state index in [1.807, 2.05) is 6.07 Å². The van der Waals surface area contributed by atoms with Gasteiger partial charge < -0.3 is 14.8 Å². The Morgan fingerprint density at radius 1 is 1.00 bits per heavy atom. The van der Waals surface area contributed by atoms with Gasteiger partial charge in [-0.1, -0.05) is 42.5 Å². The number of benzene rings is 3. The lowest BCUT2D eigenvalue weighted by atomic mass is 10.2. The molecular formula is C24H22F2N2O5S. The maximum absolute atomic E-state index is 13.2. The highest BCUT2D eigenvalue weighted by atomic mass is 32.2. The number of carbonyl (C=O) groups excluding carboxylic acids is 1. The average Bonchev–Trinajstić information content (AvgIpc) is 2.83. The molecule has 0 aliphatic carbocycles. The van der Waals surface area contributed by atoms with Crippen LogP contribution < -0.4 is 19.1 Å². The van der Waals surface area contributed by atoms with Gasteiger partial charge in [0.1, 0.15) is 18.0 Å². The third-order valence-corrected chi connectivity index (χ3v) is 5.96. The zero-order valence-electron chi connectivity index (χ0n) is 18.1. The summed E-state index contributed by atoms with van der Waals surface area (Å²) >= 11 is 0. The van der Waals surface area contributed by atoms with Gasteiger partial charge in [-0.05, 0) is 48.0 Å². The van der Waals surface area contributed by atoms with Crippen LogP contribution in [-0.2, 0) is 14.8 Å². The molecule has 1 N–H and O–H groups in total. The summed E-state index contributed by atoms with van der Waals surface area (Å²) in [6.45, 7) is -3.53. The number of para-hydroxylation sites is 2. The Morgan fingerprint density at radius 2 is 1.65 bits per heavy atom. The number of methoxy groups -OCH3 is 1. The number of anilines is 2. The summed E-state index contributed by atoms with van der Waals surface area (Å²) < 4.78 is 61.6. The largest absolute Gasteiger partial charge is 0.495 e. The van der Waals surface area contributed by atoms with E-state index in [-0.39, 0.29) is 22.9 Å². The van der Waals surface area contributed by atoms with Crippen molar-refractivity contribution in [2.24, 2.45) is 0 Å². The summed E-state index contributed by atoms with van der Waals surface area (Å²) in [5.74, 6) is -0.456. The maximum atomic E-state index is 13.2. The van der Waals surface area contributed by atoms with Gasteiger partial charge in [0.05, 0.1) is 18.2 Å². The van der Waals surface area contributed by atoms with E-state index in [4.69, 9.17) is 4.74 Å². The third-order valence-electron chi connectivity index (χ3n) is 4.54. The van der Waals surface area contributed by atoms with E-state index >= 15 is 0 Å². The van der Waals surface area contributed by atoms with Crippen molar-refractivity contribution in [3.63, 3.8) is 0 Å². The van der Waals surface area contributed by atoms with E-state index in [0.717, 1.165) is 9.71 Å². The zero-order valence-corrected chi connectivity index (χ0v) is 18.9. The molecule has 0 heterocycles. The highest BCUT2D eigenvalue weighted by molar-refractivity contribution is 7.95. The second-order valence-corrected chi connectivity index (χ2v) is 8.63. The van der Waals surface area contributed by atoms with Crippen LogP contribution in [0.15, 0.2) is 84.3 Å². The van der Waals surface area contributed by atoms with Crippen LogP contribution in [0.4, 0.5) is 20.2 Å². The number of hydrogen-bond acceptors (Lipinski definition) is 5. The quantitative estimate of drug-likeness (QED) is 0.446. The summed E-state index contributed by atoms with van der Waals surface area (Å²) in [4.78, 5) is 12.7. The van der Waals surface area contributed by atoms with Gasteiger partial charge in [0.15, 0.2) is 0 Å². The number of ether oxygens (including phenoxy) is 2. The van der Waals surface area contributed by atoms with Crippen LogP contribution in [0, 0.1) is 0 Å². The molecule has 0 aliphatic rings. The van der Waals surface area contributed by atoms with Crippen LogP contribution in [0.5, 0.6) is 11.5 Å². The minimum atomic E-state index is -4.11. The van der Waals surface area contributed by atoms with Crippen LogP contribution in [0.2, 0.25) is 0 Å². The minimum Gasteiger partial charge on any atom is -0.495 e. The fourth-order valence-corrected chi connectivity index (χ4v) is 4.20. The van der Waals surface area contributed by atoms with Crippen molar-refractivity contribution in [1.82, 2.24) is 0 Å². The molecule has 7 nitrogen and oxygen atoms in total. The summed E-state index contributed by atoms with van der Waals surface area (Å²) in [5.41, 5.74) is 1.13. The Kier molecular flexibility index (Phi) is 8.20. The Balaban J connectivity index is 1.85. The van der Waals surface area contributed by atoms with E-state index in [0.29, 0.717) is 5.56 Å². The molecule has 0 unspecified atom stereocenters. The van der Waals surface area contributed by atoms with Crippen LogP contribution in [0.1, 0.15) is 5.56 Å². The Bertz CT molecular complexity index is 1230. The number of amides is 1. The van der Waals surface area contributed by atoms with Crippen molar-refractivity contribution < 1.29 is 31.5 Å². The highest BCUT2D eigenvalue weighted by Gasteiger charge is 2.25. The van der Waals surface area contributed by atoms with Gasteiger partial charge >= 0.3 is 6.61 Å². The predicted octanol–water partition coefficient (Wildman–Crippen LogP) is 4.74. The monoisotopic (exact) mass is 488 g/mol. The highest BCUT2D eigenvalue weighted by Crippen LogP contribution is 2.30. The Hall–Kier alpha value is -3.92. The molecule has 3 aromatic carbocycles. The molecule has 0 radical (unpaired) electrons. The van der Waals surface area contributed by atoms with Crippen molar-refractivity contribution in [3.8, 4) is 11.5 Å². The molecule has 178 valence electrons. The minimum absolute atomic E-state index is 0.0720. The molecule has 0 bridgehead atoms. The van der Waals surface area contributed by atoms with E-state index in [1.54, 1.807) is 42.5 Å². The van der Waals surface area contributed by atoms with Crippen molar-refractivity contribution in [2.45, 2.75) is 6.61 Å². The Morgan fingerprint density at radius 3 is 2.29 bits per heavy atom. The molecule has 10 heteroatoms. The van der Waals surface area contributed by atoms with Crippen LogP contribution in [0.25, 0.3) is 6.08 Å². The first kappa shape index (κ1) is 24.7. The molecule has 0 atom stereocenters. The predicted molar refractivity (Wildman–Crippen MR) is 126 cm³/mol. The van der Waals surface area contributed by atoms with Gasteiger partial charge in [-0.2, -0.15) is 8.78 Å². The summed E-state index contributed by atoms with van der Waals surface area (Å²) in [6.07, 6.45) is 1.43. The van der Waals surface area contributed by atoms with Crippen LogP contribution in [0.3, 0.4) is 0 Å². The van der Waals surface area contributed by atoms with E-state index < -0.39 is 29.1 Å².